The fourth-order valence-corrected chi connectivity index (χ4v) is 2.09. The summed E-state index contributed by atoms with van der Waals surface area (Å²) in [6, 6.07) is 0. The average Bonchev–Trinajstić information content (AvgIpc) is 2.36. The van der Waals surface area contributed by atoms with Crippen LogP contribution in [0.25, 0.3) is 0 Å². The number of hydrogen-bond donors (Lipinski definition) is 2. The van der Waals surface area contributed by atoms with Gasteiger partial charge in [0.05, 0.1) is 0 Å². The van der Waals surface area contributed by atoms with Crippen LogP contribution in [0.4, 0.5) is 24.8 Å². The highest BCUT2D eigenvalue weighted by Crippen LogP contribution is 2.29. The number of anilines is 2. The molecule has 0 unspecified atom stereocenters. The van der Waals surface area contributed by atoms with Gasteiger partial charge in [-0.25, -0.2) is 9.97 Å². The van der Waals surface area contributed by atoms with Crippen molar-refractivity contribution in [3.8, 4) is 0 Å². The van der Waals surface area contributed by atoms with Crippen LogP contribution in [0.5, 0.6) is 0 Å². The van der Waals surface area contributed by atoms with E-state index in [9.17, 15) is 13.2 Å². The minimum atomic E-state index is -4.19. The number of hydrogen-bond acceptors (Lipinski definition) is 5. The van der Waals surface area contributed by atoms with E-state index in [4.69, 9.17) is 0 Å². The molecule has 20 heavy (non-hydrogen) atoms. The van der Waals surface area contributed by atoms with Gasteiger partial charge < -0.3 is 10.6 Å². The fourth-order valence-electron chi connectivity index (χ4n) is 1.65. The molecule has 8 heteroatoms. The van der Waals surface area contributed by atoms with Gasteiger partial charge in [0.1, 0.15) is 17.5 Å². The molecule has 0 amide bonds. The molecule has 4 nitrogen and oxygen atoms in total. The van der Waals surface area contributed by atoms with Crippen molar-refractivity contribution in [3.05, 3.63) is 11.4 Å². The molecule has 114 valence electrons. The highest BCUT2D eigenvalue weighted by molar-refractivity contribution is 8.00. The van der Waals surface area contributed by atoms with Crippen LogP contribution in [0, 0.1) is 6.92 Å². The maximum atomic E-state index is 12.0. The number of nitrogens with one attached hydrogen (secondary N) is 2. The number of aromatic nitrogens is 2. The van der Waals surface area contributed by atoms with Crippen molar-refractivity contribution in [1.82, 2.24) is 9.97 Å². The zero-order chi connectivity index (χ0) is 15.2. The largest absolute Gasteiger partial charge is 0.441 e. The Kier molecular flexibility index (Phi) is 6.38. The van der Waals surface area contributed by atoms with Gasteiger partial charge in [-0.1, -0.05) is 6.92 Å². The molecule has 0 aliphatic heterocycles. The molecule has 1 aromatic rings. The first-order chi connectivity index (χ1) is 9.37. The van der Waals surface area contributed by atoms with Crippen LogP contribution >= 0.6 is 11.8 Å². The first-order valence-electron chi connectivity index (χ1n) is 6.37. The number of alkyl halides is 3. The fraction of sp³-hybridized carbons (Fsp3) is 0.667. The predicted molar refractivity (Wildman–Crippen MR) is 77.3 cm³/mol. The van der Waals surface area contributed by atoms with E-state index in [0.717, 1.165) is 18.4 Å². The molecule has 0 spiro atoms. The normalized spacial score (nSPS) is 11.5. The lowest BCUT2D eigenvalue weighted by Gasteiger charge is -2.13. The van der Waals surface area contributed by atoms with Crippen molar-refractivity contribution >= 4 is 23.4 Å². The number of rotatable bonds is 7. The molecular formula is C12H19F3N4S. The van der Waals surface area contributed by atoms with Crippen molar-refractivity contribution < 1.29 is 13.2 Å². The third-order valence-electron chi connectivity index (χ3n) is 2.56. The molecule has 0 aliphatic rings. The Hall–Kier alpha value is -1.18. The van der Waals surface area contributed by atoms with Crippen LogP contribution in [0.15, 0.2) is 0 Å². The second kappa shape index (κ2) is 7.56. The van der Waals surface area contributed by atoms with Crippen LogP contribution < -0.4 is 10.6 Å². The molecule has 0 aromatic carbocycles. The number of halogens is 3. The van der Waals surface area contributed by atoms with E-state index in [1.807, 2.05) is 13.8 Å². The first-order valence-corrected chi connectivity index (χ1v) is 7.35. The quantitative estimate of drug-likeness (QED) is 0.756. The molecule has 0 aliphatic carbocycles. The maximum Gasteiger partial charge on any atom is 0.441 e. The minimum Gasteiger partial charge on any atom is -0.373 e. The molecule has 2 N–H and O–H groups in total. The Morgan fingerprint density at radius 2 is 1.85 bits per heavy atom. The van der Waals surface area contributed by atoms with Gasteiger partial charge in [0.25, 0.3) is 0 Å². The van der Waals surface area contributed by atoms with Crippen molar-refractivity contribution in [2.45, 2.75) is 32.2 Å². The minimum absolute atomic E-state index is 0.0384. The van der Waals surface area contributed by atoms with E-state index < -0.39 is 5.51 Å². The molecular weight excluding hydrogens is 289 g/mol. The zero-order valence-electron chi connectivity index (χ0n) is 11.8. The summed E-state index contributed by atoms with van der Waals surface area (Å²) >= 11 is -0.0384. The summed E-state index contributed by atoms with van der Waals surface area (Å²) < 4.78 is 36.1. The number of nitrogens with zero attached hydrogens (tertiary/aromatic N) is 2. The summed E-state index contributed by atoms with van der Waals surface area (Å²) in [6.45, 7) is 4.06. The number of thioether (sulfide) groups is 1. The Morgan fingerprint density at radius 1 is 1.20 bits per heavy atom. The molecule has 0 bridgehead atoms. The van der Waals surface area contributed by atoms with Crippen LogP contribution in [0.2, 0.25) is 0 Å². The lowest BCUT2D eigenvalue weighted by molar-refractivity contribution is -0.0327. The van der Waals surface area contributed by atoms with Crippen molar-refractivity contribution in [3.63, 3.8) is 0 Å². The lowest BCUT2D eigenvalue weighted by atomic mass is 10.2. The molecule has 1 heterocycles. The Labute approximate surface area is 121 Å². The van der Waals surface area contributed by atoms with Crippen LogP contribution in [-0.4, -0.2) is 34.8 Å². The summed E-state index contributed by atoms with van der Waals surface area (Å²) in [7, 11) is 1.76. The lowest BCUT2D eigenvalue weighted by Crippen LogP contribution is -2.13. The third-order valence-corrected chi connectivity index (χ3v) is 3.30. The van der Waals surface area contributed by atoms with E-state index in [1.54, 1.807) is 7.05 Å². The Bertz CT molecular complexity index is 437. The smallest absolute Gasteiger partial charge is 0.373 e. The standard InChI is InChI=1S/C12H19F3N4S/c1-4-5-9-18-10(16-3)8(2)11(19-9)17-6-7-20-12(13,14)15/h4-7H2,1-3H3,(H2,16,17,18,19). The summed E-state index contributed by atoms with van der Waals surface area (Å²) in [4.78, 5) is 8.71. The van der Waals surface area contributed by atoms with Crippen LogP contribution in [0.3, 0.4) is 0 Å². The molecule has 0 atom stereocenters. The average molecular weight is 308 g/mol. The van der Waals surface area contributed by atoms with Gasteiger partial charge in [0, 0.05) is 31.3 Å². The van der Waals surface area contributed by atoms with Gasteiger partial charge in [-0.3, -0.25) is 0 Å². The predicted octanol–water partition coefficient (Wildman–Crippen LogP) is 3.44. The molecule has 1 aromatic heterocycles. The van der Waals surface area contributed by atoms with Gasteiger partial charge in [-0.15, -0.1) is 0 Å². The topological polar surface area (TPSA) is 49.8 Å². The highest BCUT2D eigenvalue weighted by Gasteiger charge is 2.27. The first kappa shape index (κ1) is 16.9. The SMILES string of the molecule is CCCc1nc(NC)c(C)c(NCCSC(F)(F)F)n1. The summed E-state index contributed by atoms with van der Waals surface area (Å²) in [5, 5.41) is 5.92. The number of aryl methyl sites for hydroxylation is 1. The van der Waals surface area contributed by atoms with E-state index in [2.05, 4.69) is 20.6 Å². The Balaban J connectivity index is 2.70. The van der Waals surface area contributed by atoms with E-state index in [1.165, 1.54) is 0 Å². The van der Waals surface area contributed by atoms with E-state index in [-0.39, 0.29) is 24.1 Å². The summed E-state index contributed by atoms with van der Waals surface area (Å²) in [5.41, 5.74) is -3.38. The van der Waals surface area contributed by atoms with Crippen LogP contribution in [0.1, 0.15) is 24.7 Å². The third kappa shape index (κ3) is 5.44. The van der Waals surface area contributed by atoms with Gasteiger partial charge >= 0.3 is 5.51 Å². The van der Waals surface area contributed by atoms with Crippen molar-refractivity contribution in [2.75, 3.05) is 30.0 Å². The second-order valence-corrected chi connectivity index (χ2v) is 5.34. The monoisotopic (exact) mass is 308 g/mol. The van der Waals surface area contributed by atoms with E-state index in [0.29, 0.717) is 17.5 Å². The summed E-state index contributed by atoms with van der Waals surface area (Å²) in [6.07, 6.45) is 1.65. The molecule has 0 saturated heterocycles. The molecule has 0 radical (unpaired) electrons. The molecule has 0 fully saturated rings. The van der Waals surface area contributed by atoms with Crippen molar-refractivity contribution in [2.24, 2.45) is 0 Å². The molecule has 1 rings (SSSR count). The van der Waals surface area contributed by atoms with Gasteiger partial charge in [-0.2, -0.15) is 13.2 Å². The van der Waals surface area contributed by atoms with Gasteiger partial charge in [-0.05, 0) is 25.1 Å². The van der Waals surface area contributed by atoms with Gasteiger partial charge in [0.15, 0.2) is 0 Å². The summed E-state index contributed by atoms with van der Waals surface area (Å²) in [5.74, 6) is 1.93. The highest BCUT2D eigenvalue weighted by atomic mass is 32.2. The van der Waals surface area contributed by atoms with Crippen molar-refractivity contribution in [1.29, 1.82) is 0 Å². The molecule has 0 saturated carbocycles. The van der Waals surface area contributed by atoms with Crippen LogP contribution in [-0.2, 0) is 6.42 Å². The maximum absolute atomic E-state index is 12.0. The Morgan fingerprint density at radius 3 is 2.40 bits per heavy atom. The second-order valence-electron chi connectivity index (χ2n) is 4.18. The zero-order valence-corrected chi connectivity index (χ0v) is 12.6. The van der Waals surface area contributed by atoms with Gasteiger partial charge in [0.2, 0.25) is 0 Å². The van der Waals surface area contributed by atoms with E-state index >= 15 is 0 Å².